The Labute approximate surface area is 121 Å². The van der Waals surface area contributed by atoms with E-state index in [2.05, 4.69) is 10.1 Å². The number of hydrogen-bond donors (Lipinski definition) is 1. The van der Waals surface area contributed by atoms with Gasteiger partial charge in [-0.15, -0.1) is 0 Å². The van der Waals surface area contributed by atoms with Crippen molar-refractivity contribution in [1.82, 2.24) is 5.32 Å². The maximum atomic E-state index is 11.9. The summed E-state index contributed by atoms with van der Waals surface area (Å²) in [4.78, 5) is 0. The Morgan fingerprint density at radius 3 is 2.60 bits per heavy atom. The SMILES string of the molecule is CC(C)NCc1c(Cl)cccc1OCOCC(F)(F)F. The zero-order chi connectivity index (χ0) is 15.2. The Bertz CT molecular complexity index is 425. The lowest BCUT2D eigenvalue weighted by molar-refractivity contribution is -0.186. The van der Waals surface area contributed by atoms with Gasteiger partial charge in [-0.25, -0.2) is 0 Å². The van der Waals surface area contributed by atoms with E-state index in [-0.39, 0.29) is 6.04 Å². The summed E-state index contributed by atoms with van der Waals surface area (Å²) in [6.45, 7) is 2.60. The van der Waals surface area contributed by atoms with Crippen molar-refractivity contribution >= 4 is 11.6 Å². The minimum absolute atomic E-state index is 0.251. The molecule has 0 aliphatic heterocycles. The standard InChI is InChI=1S/C13H17ClF3NO2/c1-9(2)18-6-10-11(14)4-3-5-12(10)20-8-19-7-13(15,16)17/h3-5,9,18H,6-8H2,1-2H3. The van der Waals surface area contributed by atoms with Crippen molar-refractivity contribution in [2.24, 2.45) is 0 Å². The van der Waals surface area contributed by atoms with E-state index in [1.807, 2.05) is 13.8 Å². The van der Waals surface area contributed by atoms with Crippen LogP contribution in [-0.4, -0.2) is 25.6 Å². The van der Waals surface area contributed by atoms with Crippen LogP contribution in [0, 0.1) is 0 Å². The number of rotatable bonds is 7. The molecule has 0 aliphatic rings. The van der Waals surface area contributed by atoms with Gasteiger partial charge in [0, 0.05) is 23.2 Å². The van der Waals surface area contributed by atoms with E-state index < -0.39 is 19.6 Å². The van der Waals surface area contributed by atoms with Crippen LogP contribution in [0.1, 0.15) is 19.4 Å². The van der Waals surface area contributed by atoms with Crippen LogP contribution in [0.2, 0.25) is 5.02 Å². The summed E-state index contributed by atoms with van der Waals surface area (Å²) in [6.07, 6.45) is -4.36. The van der Waals surface area contributed by atoms with Gasteiger partial charge in [0.1, 0.15) is 12.4 Å². The first-order valence-electron chi connectivity index (χ1n) is 6.07. The van der Waals surface area contributed by atoms with Crippen molar-refractivity contribution in [2.45, 2.75) is 32.6 Å². The van der Waals surface area contributed by atoms with Crippen LogP contribution in [0.4, 0.5) is 13.2 Å². The molecule has 0 heterocycles. The van der Waals surface area contributed by atoms with Crippen LogP contribution in [0.5, 0.6) is 5.75 Å². The zero-order valence-corrected chi connectivity index (χ0v) is 12.0. The van der Waals surface area contributed by atoms with Crippen molar-refractivity contribution in [3.05, 3.63) is 28.8 Å². The van der Waals surface area contributed by atoms with Crippen molar-refractivity contribution in [1.29, 1.82) is 0 Å². The van der Waals surface area contributed by atoms with Gasteiger partial charge in [-0.2, -0.15) is 13.2 Å². The van der Waals surface area contributed by atoms with Crippen LogP contribution in [-0.2, 0) is 11.3 Å². The molecule has 1 aromatic carbocycles. The number of ether oxygens (including phenoxy) is 2. The molecule has 0 saturated carbocycles. The molecule has 0 fully saturated rings. The minimum atomic E-state index is -4.36. The summed E-state index contributed by atoms with van der Waals surface area (Å²) in [7, 11) is 0. The second kappa shape index (κ2) is 7.71. The topological polar surface area (TPSA) is 30.5 Å². The van der Waals surface area contributed by atoms with Gasteiger partial charge in [0.05, 0.1) is 0 Å². The minimum Gasteiger partial charge on any atom is -0.467 e. The quantitative estimate of drug-likeness (QED) is 0.614. The first-order chi connectivity index (χ1) is 9.29. The molecule has 0 saturated heterocycles. The molecule has 0 bridgehead atoms. The highest BCUT2D eigenvalue weighted by molar-refractivity contribution is 6.31. The lowest BCUT2D eigenvalue weighted by atomic mass is 10.2. The van der Waals surface area contributed by atoms with E-state index in [1.165, 1.54) is 0 Å². The fraction of sp³-hybridized carbons (Fsp3) is 0.538. The number of hydrogen-bond acceptors (Lipinski definition) is 3. The summed E-state index contributed by atoms with van der Waals surface area (Å²) < 4.78 is 45.4. The van der Waals surface area contributed by atoms with Gasteiger partial charge >= 0.3 is 6.18 Å². The highest BCUT2D eigenvalue weighted by Crippen LogP contribution is 2.26. The summed E-state index contributed by atoms with van der Waals surface area (Å²) in [6, 6.07) is 5.25. The van der Waals surface area contributed by atoms with Gasteiger partial charge < -0.3 is 14.8 Å². The van der Waals surface area contributed by atoms with Crippen molar-refractivity contribution < 1.29 is 22.6 Å². The average molecular weight is 312 g/mol. The van der Waals surface area contributed by atoms with Gasteiger partial charge in [0.25, 0.3) is 0 Å². The van der Waals surface area contributed by atoms with E-state index in [1.54, 1.807) is 18.2 Å². The first-order valence-corrected chi connectivity index (χ1v) is 6.45. The molecular formula is C13H17ClF3NO2. The maximum absolute atomic E-state index is 11.9. The van der Waals surface area contributed by atoms with Gasteiger partial charge in [-0.05, 0) is 12.1 Å². The second-order valence-corrected chi connectivity index (χ2v) is 4.89. The second-order valence-electron chi connectivity index (χ2n) is 4.48. The molecule has 7 heteroatoms. The van der Waals surface area contributed by atoms with E-state index in [0.29, 0.717) is 22.9 Å². The van der Waals surface area contributed by atoms with Crippen LogP contribution in [0.3, 0.4) is 0 Å². The molecule has 0 aliphatic carbocycles. The lowest BCUT2D eigenvalue weighted by Gasteiger charge is -2.15. The molecular weight excluding hydrogens is 295 g/mol. The molecule has 0 amide bonds. The molecule has 0 spiro atoms. The Morgan fingerprint density at radius 2 is 2.00 bits per heavy atom. The van der Waals surface area contributed by atoms with Crippen molar-refractivity contribution in [3.63, 3.8) is 0 Å². The highest BCUT2D eigenvalue weighted by atomic mass is 35.5. The van der Waals surface area contributed by atoms with Gasteiger partial charge in [-0.1, -0.05) is 31.5 Å². The summed E-state index contributed by atoms with van der Waals surface area (Å²) in [5.41, 5.74) is 0.693. The van der Waals surface area contributed by atoms with Crippen molar-refractivity contribution in [2.75, 3.05) is 13.4 Å². The monoisotopic (exact) mass is 311 g/mol. The number of halogens is 4. The maximum Gasteiger partial charge on any atom is 0.411 e. The van der Waals surface area contributed by atoms with E-state index in [9.17, 15) is 13.2 Å². The Hall–Kier alpha value is -0.980. The number of alkyl halides is 3. The summed E-state index contributed by atoms with van der Waals surface area (Å²) in [5, 5.41) is 3.66. The van der Waals surface area contributed by atoms with Crippen molar-refractivity contribution in [3.8, 4) is 5.75 Å². The number of nitrogens with one attached hydrogen (secondary N) is 1. The van der Waals surface area contributed by atoms with Crippen LogP contribution < -0.4 is 10.1 Å². The predicted octanol–water partition coefficient (Wildman–Crippen LogP) is 3.75. The molecule has 3 nitrogen and oxygen atoms in total. The zero-order valence-electron chi connectivity index (χ0n) is 11.3. The molecule has 1 aromatic rings. The first kappa shape index (κ1) is 17.1. The lowest BCUT2D eigenvalue weighted by Crippen LogP contribution is -2.23. The highest BCUT2D eigenvalue weighted by Gasteiger charge is 2.27. The smallest absolute Gasteiger partial charge is 0.411 e. The average Bonchev–Trinajstić information content (AvgIpc) is 2.32. The van der Waals surface area contributed by atoms with Crippen LogP contribution >= 0.6 is 11.6 Å². The fourth-order valence-electron chi connectivity index (χ4n) is 1.41. The molecule has 20 heavy (non-hydrogen) atoms. The molecule has 0 atom stereocenters. The molecule has 0 radical (unpaired) electrons. The van der Waals surface area contributed by atoms with E-state index >= 15 is 0 Å². The third-order valence-corrected chi connectivity index (χ3v) is 2.68. The van der Waals surface area contributed by atoms with E-state index in [4.69, 9.17) is 16.3 Å². The molecule has 0 unspecified atom stereocenters. The normalized spacial score (nSPS) is 11.9. The van der Waals surface area contributed by atoms with Crippen LogP contribution in [0.25, 0.3) is 0 Å². The Morgan fingerprint density at radius 1 is 1.30 bits per heavy atom. The van der Waals surface area contributed by atoms with Gasteiger partial charge in [0.15, 0.2) is 6.79 Å². The third-order valence-electron chi connectivity index (χ3n) is 2.33. The molecule has 114 valence electrons. The summed E-state index contributed by atoms with van der Waals surface area (Å²) in [5.74, 6) is 0.410. The third kappa shape index (κ3) is 6.45. The molecule has 1 rings (SSSR count). The van der Waals surface area contributed by atoms with Crippen LogP contribution in [0.15, 0.2) is 18.2 Å². The Balaban J connectivity index is 2.58. The van der Waals surface area contributed by atoms with Gasteiger partial charge in [0.2, 0.25) is 0 Å². The Kier molecular flexibility index (Phi) is 6.58. The predicted molar refractivity (Wildman–Crippen MR) is 70.9 cm³/mol. The largest absolute Gasteiger partial charge is 0.467 e. The molecule has 1 N–H and O–H groups in total. The molecule has 0 aromatic heterocycles. The van der Waals surface area contributed by atoms with Gasteiger partial charge in [-0.3, -0.25) is 0 Å². The number of benzene rings is 1. The van der Waals surface area contributed by atoms with E-state index in [0.717, 1.165) is 0 Å². The fourth-order valence-corrected chi connectivity index (χ4v) is 1.65. The summed E-state index contributed by atoms with van der Waals surface area (Å²) >= 11 is 6.06.